The van der Waals surface area contributed by atoms with Gasteiger partial charge < -0.3 is 25.5 Å². The van der Waals surface area contributed by atoms with E-state index in [4.69, 9.17) is 15.2 Å². The van der Waals surface area contributed by atoms with Crippen LogP contribution in [0.15, 0.2) is 61.1 Å². The first-order valence-corrected chi connectivity index (χ1v) is 13.7. The normalized spacial score (nSPS) is 17.4. The molecular formula is C31H34N6O3. The van der Waals surface area contributed by atoms with E-state index in [0.29, 0.717) is 18.8 Å². The minimum absolute atomic E-state index is 0.00861. The van der Waals surface area contributed by atoms with Gasteiger partial charge in [-0.2, -0.15) is 5.10 Å². The summed E-state index contributed by atoms with van der Waals surface area (Å²) in [5, 5.41) is 9.51. The highest BCUT2D eigenvalue weighted by Gasteiger charge is 2.24. The maximum absolute atomic E-state index is 13.0. The molecule has 0 bridgehead atoms. The SMILES string of the molecule is COCCOc1ccc2[nH]c3cnc(-c4cnn(C)c4)cc3c2c1-c1ccc(C(=O)NC2CCCCC2N)cc1. The predicted octanol–water partition coefficient (Wildman–Crippen LogP) is 4.81. The van der Waals surface area contributed by atoms with Crippen LogP contribution in [0.5, 0.6) is 5.75 Å². The van der Waals surface area contributed by atoms with Crippen LogP contribution in [0, 0.1) is 0 Å². The van der Waals surface area contributed by atoms with Crippen molar-refractivity contribution in [1.82, 2.24) is 25.1 Å². The Morgan fingerprint density at radius 3 is 2.65 bits per heavy atom. The van der Waals surface area contributed by atoms with Gasteiger partial charge in [0, 0.05) is 65.4 Å². The summed E-state index contributed by atoms with van der Waals surface area (Å²) in [6.45, 7) is 0.894. The number of amides is 1. The number of aryl methyl sites for hydroxylation is 1. The predicted molar refractivity (Wildman–Crippen MR) is 156 cm³/mol. The molecule has 3 heterocycles. The number of carbonyl (C=O) groups is 1. The molecule has 2 unspecified atom stereocenters. The molecule has 1 aliphatic carbocycles. The van der Waals surface area contributed by atoms with E-state index in [-0.39, 0.29) is 18.0 Å². The Morgan fingerprint density at radius 2 is 1.90 bits per heavy atom. The highest BCUT2D eigenvalue weighted by atomic mass is 16.5. The Kier molecular flexibility index (Phi) is 7.23. The van der Waals surface area contributed by atoms with E-state index in [2.05, 4.69) is 26.4 Å². The number of fused-ring (bicyclic) bond motifs is 3. The summed E-state index contributed by atoms with van der Waals surface area (Å²) in [6, 6.07) is 13.8. The molecule has 1 amide bonds. The molecule has 4 N–H and O–H groups in total. The zero-order valence-electron chi connectivity index (χ0n) is 22.8. The Morgan fingerprint density at radius 1 is 1.07 bits per heavy atom. The van der Waals surface area contributed by atoms with Gasteiger partial charge in [0.25, 0.3) is 5.91 Å². The summed E-state index contributed by atoms with van der Waals surface area (Å²) in [5.41, 5.74) is 12.5. The molecule has 1 saturated carbocycles. The van der Waals surface area contributed by atoms with E-state index >= 15 is 0 Å². The minimum Gasteiger partial charge on any atom is -0.491 e. The third kappa shape index (κ3) is 5.05. The number of ether oxygens (including phenoxy) is 2. The minimum atomic E-state index is -0.0945. The van der Waals surface area contributed by atoms with Crippen molar-refractivity contribution < 1.29 is 14.3 Å². The van der Waals surface area contributed by atoms with Gasteiger partial charge in [0.15, 0.2) is 0 Å². The summed E-state index contributed by atoms with van der Waals surface area (Å²) in [6.07, 6.45) is 9.71. The fourth-order valence-electron chi connectivity index (χ4n) is 5.61. The standard InChI is InChI=1S/C31H34N6O3/c1-37-18-21(16-34-37)26-15-22-27(17-33-26)35-25-11-12-28(40-14-13-39-2)29(30(22)25)19-7-9-20(10-8-19)31(38)36-24-6-4-3-5-23(24)32/h7-12,15-18,23-24,35H,3-6,13-14,32H2,1-2H3,(H,36,38). The van der Waals surface area contributed by atoms with Gasteiger partial charge in [0.2, 0.25) is 0 Å². The van der Waals surface area contributed by atoms with Crippen molar-refractivity contribution in [3.8, 4) is 28.1 Å². The average Bonchev–Trinajstić information content (AvgIpc) is 3.57. The number of nitrogens with two attached hydrogens (primary N) is 1. The largest absolute Gasteiger partial charge is 0.491 e. The molecule has 1 fully saturated rings. The molecule has 9 heteroatoms. The van der Waals surface area contributed by atoms with Crippen molar-refractivity contribution in [2.24, 2.45) is 12.8 Å². The number of aromatic nitrogens is 4. The molecule has 206 valence electrons. The molecule has 40 heavy (non-hydrogen) atoms. The third-order valence-corrected chi connectivity index (χ3v) is 7.73. The molecule has 2 aromatic carbocycles. The molecule has 0 aliphatic heterocycles. The smallest absolute Gasteiger partial charge is 0.251 e. The fraction of sp³-hybridized carbons (Fsp3) is 0.323. The number of hydrogen-bond donors (Lipinski definition) is 3. The zero-order valence-corrected chi connectivity index (χ0v) is 22.8. The van der Waals surface area contributed by atoms with E-state index in [1.165, 1.54) is 0 Å². The first-order chi connectivity index (χ1) is 19.5. The van der Waals surface area contributed by atoms with Crippen LogP contribution in [0.2, 0.25) is 0 Å². The van der Waals surface area contributed by atoms with Gasteiger partial charge in [-0.05, 0) is 48.7 Å². The van der Waals surface area contributed by atoms with Crippen LogP contribution in [0.25, 0.3) is 44.2 Å². The van der Waals surface area contributed by atoms with Gasteiger partial charge in [-0.15, -0.1) is 0 Å². The monoisotopic (exact) mass is 538 g/mol. The molecule has 9 nitrogen and oxygen atoms in total. The van der Waals surface area contributed by atoms with Gasteiger partial charge in [-0.3, -0.25) is 14.5 Å². The summed E-state index contributed by atoms with van der Waals surface area (Å²) >= 11 is 0. The van der Waals surface area contributed by atoms with E-state index < -0.39 is 0 Å². The average molecular weight is 539 g/mol. The Labute approximate surface area is 232 Å². The van der Waals surface area contributed by atoms with E-state index in [1.807, 2.05) is 62.0 Å². The Balaban J connectivity index is 1.41. The van der Waals surface area contributed by atoms with Crippen LogP contribution in [-0.4, -0.2) is 58.1 Å². The van der Waals surface area contributed by atoms with Crippen molar-refractivity contribution >= 4 is 27.7 Å². The van der Waals surface area contributed by atoms with Crippen LogP contribution in [0.4, 0.5) is 0 Å². The molecule has 0 radical (unpaired) electrons. The highest BCUT2D eigenvalue weighted by Crippen LogP contribution is 2.41. The van der Waals surface area contributed by atoms with Gasteiger partial charge in [0.1, 0.15) is 12.4 Å². The molecule has 1 aliphatic rings. The van der Waals surface area contributed by atoms with Crippen LogP contribution >= 0.6 is 0 Å². The zero-order chi connectivity index (χ0) is 27.6. The Bertz CT molecular complexity index is 1660. The van der Waals surface area contributed by atoms with Gasteiger partial charge in [0.05, 0.1) is 30.2 Å². The first kappa shape index (κ1) is 26.0. The number of nitrogens with zero attached hydrogens (tertiary/aromatic N) is 3. The number of rotatable bonds is 8. The number of nitrogens with one attached hydrogen (secondary N) is 2. The maximum Gasteiger partial charge on any atom is 0.251 e. The van der Waals surface area contributed by atoms with Crippen LogP contribution in [-0.2, 0) is 11.8 Å². The number of carbonyl (C=O) groups excluding carboxylic acids is 1. The number of pyridine rings is 1. The lowest BCUT2D eigenvalue weighted by Crippen LogP contribution is -2.49. The highest BCUT2D eigenvalue weighted by molar-refractivity contribution is 6.16. The van der Waals surface area contributed by atoms with E-state index in [1.54, 1.807) is 11.8 Å². The van der Waals surface area contributed by atoms with Crippen molar-refractivity contribution in [2.75, 3.05) is 20.3 Å². The van der Waals surface area contributed by atoms with Crippen molar-refractivity contribution in [3.63, 3.8) is 0 Å². The number of hydrogen-bond acceptors (Lipinski definition) is 6. The number of methoxy groups -OCH3 is 1. The molecular weight excluding hydrogens is 504 g/mol. The molecule has 0 saturated heterocycles. The fourth-order valence-corrected chi connectivity index (χ4v) is 5.61. The van der Waals surface area contributed by atoms with Crippen molar-refractivity contribution in [2.45, 2.75) is 37.8 Å². The lowest BCUT2D eigenvalue weighted by molar-refractivity contribution is 0.0921. The quantitative estimate of drug-likeness (QED) is 0.244. The van der Waals surface area contributed by atoms with Gasteiger partial charge in [-0.25, -0.2) is 0 Å². The number of H-pyrrole nitrogens is 1. The van der Waals surface area contributed by atoms with E-state index in [0.717, 1.165) is 75.6 Å². The molecule has 6 rings (SSSR count). The lowest BCUT2D eigenvalue weighted by Gasteiger charge is -2.29. The lowest BCUT2D eigenvalue weighted by atomic mass is 9.91. The van der Waals surface area contributed by atoms with Crippen molar-refractivity contribution in [3.05, 3.63) is 66.6 Å². The summed E-state index contributed by atoms with van der Waals surface area (Å²) in [5.74, 6) is 0.651. The second kappa shape index (κ2) is 11.1. The molecule has 3 aromatic heterocycles. The maximum atomic E-state index is 13.0. The second-order valence-corrected chi connectivity index (χ2v) is 10.5. The van der Waals surface area contributed by atoms with E-state index in [9.17, 15) is 4.79 Å². The third-order valence-electron chi connectivity index (χ3n) is 7.73. The van der Waals surface area contributed by atoms with Crippen molar-refractivity contribution in [1.29, 1.82) is 0 Å². The number of benzene rings is 2. The summed E-state index contributed by atoms with van der Waals surface area (Å²) < 4.78 is 13.2. The summed E-state index contributed by atoms with van der Waals surface area (Å²) in [7, 11) is 3.55. The van der Waals surface area contributed by atoms with Crippen LogP contribution in [0.3, 0.4) is 0 Å². The molecule has 2 atom stereocenters. The van der Waals surface area contributed by atoms with Gasteiger partial charge >= 0.3 is 0 Å². The Hall–Kier alpha value is -4.21. The molecule has 0 spiro atoms. The van der Waals surface area contributed by atoms with Gasteiger partial charge in [-0.1, -0.05) is 25.0 Å². The second-order valence-electron chi connectivity index (χ2n) is 10.5. The first-order valence-electron chi connectivity index (χ1n) is 13.7. The topological polar surface area (TPSA) is 120 Å². The molecule has 5 aromatic rings. The van der Waals surface area contributed by atoms with Crippen LogP contribution in [0.1, 0.15) is 36.0 Å². The van der Waals surface area contributed by atoms with Crippen LogP contribution < -0.4 is 15.8 Å². The summed E-state index contributed by atoms with van der Waals surface area (Å²) in [4.78, 5) is 21.2. The number of aromatic amines is 1.